The van der Waals surface area contributed by atoms with Crippen LogP contribution in [0, 0.1) is 0 Å². The maximum Gasteiger partial charge on any atom is 0.500 e. The van der Waals surface area contributed by atoms with Crippen LogP contribution in [0.5, 0.6) is 0 Å². The largest absolute Gasteiger partial charge is 0.500 e. The fraction of sp³-hybridized carbons (Fsp3) is 0.933. The molecule has 0 rings (SSSR count). The number of hydrogen-bond donors (Lipinski definition) is 0. The molecule has 0 amide bonds. The molecule has 0 saturated carbocycles. The van der Waals surface area contributed by atoms with Crippen molar-refractivity contribution >= 4 is 14.8 Å². The molecule has 0 aromatic heterocycles. The van der Waals surface area contributed by atoms with E-state index in [2.05, 4.69) is 28.2 Å². The molecule has 0 aliphatic carbocycles. The van der Waals surface area contributed by atoms with Gasteiger partial charge in [0.25, 0.3) is 0 Å². The topological polar surface area (TPSA) is 54.0 Å². The molecule has 0 atom stereocenters. The third-order valence-corrected chi connectivity index (χ3v) is 7.11. The van der Waals surface area contributed by atoms with Gasteiger partial charge >= 0.3 is 14.8 Å². The van der Waals surface area contributed by atoms with Crippen LogP contribution in [0.15, 0.2) is 0 Å². The fourth-order valence-corrected chi connectivity index (χ4v) is 4.13. The number of carbonyl (C=O) groups is 1. The van der Waals surface area contributed by atoms with E-state index in [9.17, 15) is 4.79 Å². The molecular weight excluding hydrogens is 316 g/mol. The molecule has 0 bridgehead atoms. The van der Waals surface area contributed by atoms with E-state index in [-0.39, 0.29) is 5.97 Å². The maximum absolute atomic E-state index is 11.5. The summed E-state index contributed by atoms with van der Waals surface area (Å²) < 4.78 is 22.6. The van der Waals surface area contributed by atoms with Crippen LogP contribution in [-0.2, 0) is 22.8 Å². The first-order valence-electron chi connectivity index (χ1n) is 7.91. The Hall–Kier alpha value is -0.513. The van der Waals surface area contributed by atoms with Crippen molar-refractivity contribution in [3.05, 3.63) is 0 Å². The highest BCUT2D eigenvalue weighted by Crippen LogP contribution is 2.16. The van der Waals surface area contributed by atoms with E-state index in [1.807, 2.05) is 0 Å². The molecular formula is C15H36N2O5Si+2. The van der Waals surface area contributed by atoms with Crippen LogP contribution in [0.4, 0.5) is 0 Å². The first-order chi connectivity index (χ1) is 10.6. The van der Waals surface area contributed by atoms with E-state index >= 15 is 0 Å². The van der Waals surface area contributed by atoms with Crippen molar-refractivity contribution in [3.8, 4) is 0 Å². The number of quaternary nitrogens is 2. The summed E-state index contributed by atoms with van der Waals surface area (Å²) in [5.41, 5.74) is 0. The SMILES string of the molecule is COC(=O)C[N+](C)(C)CC[N+](C)(C)CCC[Si](OC)(OC)OC. The molecule has 0 saturated heterocycles. The molecule has 8 heteroatoms. The predicted molar refractivity (Wildman–Crippen MR) is 91.9 cm³/mol. The van der Waals surface area contributed by atoms with Crippen molar-refractivity contribution in [1.29, 1.82) is 0 Å². The average Bonchev–Trinajstić information content (AvgIpc) is 2.50. The Morgan fingerprint density at radius 1 is 0.826 bits per heavy atom. The molecule has 0 aromatic carbocycles. The van der Waals surface area contributed by atoms with E-state index in [1.165, 1.54) is 7.11 Å². The summed E-state index contributed by atoms with van der Waals surface area (Å²) in [4.78, 5) is 11.5. The molecule has 0 aromatic rings. The molecule has 138 valence electrons. The summed E-state index contributed by atoms with van der Waals surface area (Å²) in [6.45, 7) is 3.28. The van der Waals surface area contributed by atoms with Crippen LogP contribution in [0.2, 0.25) is 6.04 Å². The first kappa shape index (κ1) is 22.5. The standard InChI is InChI=1S/C15H36N2O5Si/c1-16(2,10-9-13-23(20-6,21-7)22-8)11-12-17(3,4)14-15(18)19-5/h9-14H2,1-8H3/q+2. The van der Waals surface area contributed by atoms with Crippen LogP contribution in [0.25, 0.3) is 0 Å². The van der Waals surface area contributed by atoms with E-state index in [1.54, 1.807) is 21.3 Å². The zero-order chi connectivity index (χ0) is 18.1. The number of methoxy groups -OCH3 is 1. The van der Waals surface area contributed by atoms with Gasteiger partial charge in [-0.3, -0.25) is 0 Å². The molecule has 0 aliphatic rings. The number of hydrogen-bond acceptors (Lipinski definition) is 5. The van der Waals surface area contributed by atoms with Crippen molar-refractivity contribution in [2.45, 2.75) is 12.5 Å². The van der Waals surface area contributed by atoms with Gasteiger partial charge in [-0.15, -0.1) is 0 Å². The van der Waals surface area contributed by atoms with E-state index < -0.39 is 8.80 Å². The van der Waals surface area contributed by atoms with Gasteiger partial charge < -0.3 is 27.0 Å². The third kappa shape index (κ3) is 8.78. The second-order valence-corrected chi connectivity index (χ2v) is 10.3. The van der Waals surface area contributed by atoms with Gasteiger partial charge in [-0.2, -0.15) is 0 Å². The Kier molecular flexibility index (Phi) is 9.49. The predicted octanol–water partition coefficient (Wildman–Crippen LogP) is 0.580. The van der Waals surface area contributed by atoms with Crippen molar-refractivity contribution in [1.82, 2.24) is 0 Å². The van der Waals surface area contributed by atoms with Crippen LogP contribution in [-0.4, -0.2) is 107 Å². The lowest BCUT2D eigenvalue weighted by atomic mass is 10.3. The van der Waals surface area contributed by atoms with Gasteiger partial charge in [0.2, 0.25) is 0 Å². The Balaban J connectivity index is 4.36. The lowest BCUT2D eigenvalue weighted by Crippen LogP contribution is -2.53. The molecule has 0 fully saturated rings. The Bertz CT molecular complexity index is 352. The highest BCUT2D eigenvalue weighted by atomic mass is 28.4. The molecule has 0 radical (unpaired) electrons. The number of esters is 1. The van der Waals surface area contributed by atoms with E-state index in [0.29, 0.717) is 11.0 Å². The minimum atomic E-state index is -2.48. The van der Waals surface area contributed by atoms with Crippen LogP contribution >= 0.6 is 0 Å². The normalized spacial score (nSPS) is 13.2. The Labute approximate surface area is 142 Å². The minimum Gasteiger partial charge on any atom is -0.465 e. The smallest absolute Gasteiger partial charge is 0.465 e. The van der Waals surface area contributed by atoms with Gasteiger partial charge in [0.1, 0.15) is 13.1 Å². The third-order valence-electron chi connectivity index (χ3n) is 4.27. The van der Waals surface area contributed by atoms with Crippen molar-refractivity contribution in [2.75, 3.05) is 82.8 Å². The zero-order valence-corrected chi connectivity index (χ0v) is 17.2. The number of likely N-dealkylation sites (N-methyl/N-ethyl adjacent to an activating group) is 2. The van der Waals surface area contributed by atoms with Crippen LogP contribution < -0.4 is 0 Å². The number of nitrogens with zero attached hydrogens (tertiary/aromatic N) is 2. The number of ether oxygens (including phenoxy) is 1. The summed E-state index contributed by atoms with van der Waals surface area (Å²) in [5, 5.41) is 0. The Morgan fingerprint density at radius 2 is 1.30 bits per heavy atom. The Morgan fingerprint density at radius 3 is 1.74 bits per heavy atom. The highest BCUT2D eigenvalue weighted by Gasteiger charge is 2.38. The molecule has 0 unspecified atom stereocenters. The minimum absolute atomic E-state index is 0.170. The number of carbonyl (C=O) groups excluding carboxylic acids is 1. The monoisotopic (exact) mass is 352 g/mol. The van der Waals surface area contributed by atoms with E-state index in [0.717, 1.165) is 36.6 Å². The maximum atomic E-state index is 11.5. The summed E-state index contributed by atoms with van der Waals surface area (Å²) in [7, 11) is 12.4. The van der Waals surface area contributed by atoms with Crippen LogP contribution in [0.1, 0.15) is 6.42 Å². The zero-order valence-electron chi connectivity index (χ0n) is 16.2. The van der Waals surface area contributed by atoms with E-state index in [4.69, 9.17) is 18.0 Å². The molecule has 23 heavy (non-hydrogen) atoms. The molecule has 0 spiro atoms. The quantitative estimate of drug-likeness (QED) is 0.292. The second-order valence-electron chi connectivity index (χ2n) is 7.18. The molecule has 0 aliphatic heterocycles. The lowest BCUT2D eigenvalue weighted by molar-refractivity contribution is -0.942. The van der Waals surface area contributed by atoms with Gasteiger partial charge in [-0.05, 0) is 0 Å². The molecule has 7 nitrogen and oxygen atoms in total. The molecule has 0 N–H and O–H groups in total. The highest BCUT2D eigenvalue weighted by molar-refractivity contribution is 6.60. The van der Waals surface area contributed by atoms with Gasteiger partial charge in [0.15, 0.2) is 6.54 Å². The summed E-state index contributed by atoms with van der Waals surface area (Å²) in [5.74, 6) is -0.170. The van der Waals surface area contributed by atoms with Crippen molar-refractivity contribution < 1.29 is 31.8 Å². The van der Waals surface area contributed by atoms with Gasteiger partial charge in [0, 0.05) is 33.8 Å². The van der Waals surface area contributed by atoms with Crippen LogP contribution in [0.3, 0.4) is 0 Å². The average molecular weight is 353 g/mol. The van der Waals surface area contributed by atoms with Gasteiger partial charge in [-0.25, -0.2) is 4.79 Å². The summed E-state index contributed by atoms with van der Waals surface area (Å²) >= 11 is 0. The lowest BCUT2D eigenvalue weighted by Gasteiger charge is -2.35. The summed E-state index contributed by atoms with van der Waals surface area (Å²) in [6, 6.07) is 0.804. The fourth-order valence-electron chi connectivity index (χ4n) is 2.43. The summed E-state index contributed by atoms with van der Waals surface area (Å²) in [6.07, 6.45) is 0.971. The first-order valence-corrected chi connectivity index (χ1v) is 9.85. The molecule has 0 heterocycles. The van der Waals surface area contributed by atoms with Crippen molar-refractivity contribution in [3.63, 3.8) is 0 Å². The number of rotatable bonds is 12. The van der Waals surface area contributed by atoms with Gasteiger partial charge in [-0.1, -0.05) is 0 Å². The second kappa shape index (κ2) is 9.70. The van der Waals surface area contributed by atoms with Gasteiger partial charge in [0.05, 0.1) is 41.8 Å². The van der Waals surface area contributed by atoms with Crippen molar-refractivity contribution in [2.24, 2.45) is 0 Å².